The second-order valence-electron chi connectivity index (χ2n) is 3.93. The van der Waals surface area contributed by atoms with Gasteiger partial charge in [0.2, 0.25) is 0 Å². The Balaban J connectivity index is 3.55. The summed E-state index contributed by atoms with van der Waals surface area (Å²) in [6.07, 6.45) is 6.42. The van der Waals surface area contributed by atoms with Crippen molar-refractivity contribution in [2.45, 2.75) is 62.4 Å². The van der Waals surface area contributed by atoms with Crippen LogP contribution in [0, 0.1) is 0 Å². The normalized spacial score (nSPS) is 15.1. The highest BCUT2D eigenvalue weighted by Crippen LogP contribution is 2.28. The van der Waals surface area contributed by atoms with Crippen LogP contribution in [-0.2, 0) is 4.79 Å². The minimum Gasteiger partial charge on any atom is -0.380 e. The van der Waals surface area contributed by atoms with Crippen molar-refractivity contribution >= 4 is 28.4 Å². The Morgan fingerprint density at radius 3 is 2.36 bits per heavy atom. The van der Waals surface area contributed by atoms with E-state index in [0.29, 0.717) is 6.42 Å². The average Bonchev–Trinajstić information content (AvgIpc) is 2.03. The summed E-state index contributed by atoms with van der Waals surface area (Å²) in [6, 6.07) is 0. The molecular formula is C11H21IO2. The Morgan fingerprint density at radius 2 is 1.86 bits per heavy atom. The predicted octanol–water partition coefficient (Wildman–Crippen LogP) is 3.45. The molecule has 0 aromatic rings. The van der Waals surface area contributed by atoms with E-state index >= 15 is 0 Å². The molecule has 0 saturated carbocycles. The van der Waals surface area contributed by atoms with Gasteiger partial charge in [-0.2, -0.15) is 0 Å². The third kappa shape index (κ3) is 8.94. The number of carbonyl (C=O) groups is 1. The molecule has 1 unspecified atom stereocenters. The number of Topliss-reactive ketones (excluding diaryl/α,β-unsaturated/α-hetero) is 1. The summed E-state index contributed by atoms with van der Waals surface area (Å²) < 4.78 is -0.595. The van der Waals surface area contributed by atoms with Crippen LogP contribution in [0.25, 0.3) is 0 Å². The van der Waals surface area contributed by atoms with E-state index in [9.17, 15) is 9.90 Å². The largest absolute Gasteiger partial charge is 0.380 e. The lowest BCUT2D eigenvalue weighted by atomic mass is 10.0. The molecule has 0 saturated heterocycles. The van der Waals surface area contributed by atoms with Gasteiger partial charge >= 0.3 is 0 Å². The summed E-state index contributed by atoms with van der Waals surface area (Å²) in [7, 11) is 0. The monoisotopic (exact) mass is 312 g/mol. The fourth-order valence-electron chi connectivity index (χ4n) is 1.38. The summed E-state index contributed by atoms with van der Waals surface area (Å²) in [5.41, 5.74) is 0. The Kier molecular flexibility index (Phi) is 7.82. The van der Waals surface area contributed by atoms with Crippen molar-refractivity contribution in [2.24, 2.45) is 0 Å². The molecule has 0 fully saturated rings. The van der Waals surface area contributed by atoms with Gasteiger partial charge in [-0.1, -0.05) is 19.8 Å². The number of rotatable bonds is 8. The molecule has 3 heteroatoms. The van der Waals surface area contributed by atoms with Crippen LogP contribution in [0.2, 0.25) is 0 Å². The molecule has 0 radical (unpaired) electrons. The highest BCUT2D eigenvalue weighted by molar-refractivity contribution is 14.1. The molecule has 14 heavy (non-hydrogen) atoms. The smallest absolute Gasteiger partial charge is 0.129 e. The first-order valence-corrected chi connectivity index (χ1v) is 6.46. The second kappa shape index (κ2) is 7.63. The second-order valence-corrected chi connectivity index (χ2v) is 5.94. The predicted molar refractivity (Wildman–Crippen MR) is 67.6 cm³/mol. The topological polar surface area (TPSA) is 37.3 Å². The molecule has 0 aromatic heterocycles. The van der Waals surface area contributed by atoms with Crippen molar-refractivity contribution < 1.29 is 9.90 Å². The maximum Gasteiger partial charge on any atom is 0.129 e. The first kappa shape index (κ1) is 14.4. The Bertz CT molecular complexity index is 167. The zero-order chi connectivity index (χ0) is 11.0. The third-order valence-electron chi connectivity index (χ3n) is 2.25. The van der Waals surface area contributed by atoms with E-state index in [1.807, 2.05) is 0 Å². The van der Waals surface area contributed by atoms with Gasteiger partial charge in [0.25, 0.3) is 0 Å². The SMILES string of the molecule is CCCCCC(O)(I)CCCC(C)=O. The van der Waals surface area contributed by atoms with E-state index in [1.165, 1.54) is 12.8 Å². The summed E-state index contributed by atoms with van der Waals surface area (Å²) >= 11 is 2.11. The van der Waals surface area contributed by atoms with Crippen LogP contribution in [0.3, 0.4) is 0 Å². The molecule has 0 aromatic carbocycles. The zero-order valence-corrected chi connectivity index (χ0v) is 11.3. The molecule has 0 rings (SSSR count). The molecule has 0 heterocycles. The third-order valence-corrected chi connectivity index (χ3v) is 3.33. The highest BCUT2D eigenvalue weighted by atomic mass is 127. The maximum atomic E-state index is 10.7. The molecule has 0 amide bonds. The number of ketones is 1. The van der Waals surface area contributed by atoms with Crippen LogP contribution in [0.1, 0.15) is 58.8 Å². The number of hydrogen-bond acceptors (Lipinski definition) is 2. The number of hydrogen-bond donors (Lipinski definition) is 1. The molecule has 0 aliphatic rings. The van der Waals surface area contributed by atoms with E-state index in [2.05, 4.69) is 29.5 Å². The minimum absolute atomic E-state index is 0.214. The van der Waals surface area contributed by atoms with Gasteiger partial charge in [0.1, 0.15) is 9.39 Å². The number of halogens is 1. The summed E-state index contributed by atoms with van der Waals surface area (Å²) in [5, 5.41) is 9.93. The Hall–Kier alpha value is 0.360. The van der Waals surface area contributed by atoms with E-state index < -0.39 is 3.61 Å². The van der Waals surface area contributed by atoms with Crippen molar-refractivity contribution in [3.05, 3.63) is 0 Å². The summed E-state index contributed by atoms with van der Waals surface area (Å²) in [5.74, 6) is 0.214. The van der Waals surface area contributed by atoms with Gasteiger partial charge in [0.15, 0.2) is 0 Å². The van der Waals surface area contributed by atoms with Crippen LogP contribution < -0.4 is 0 Å². The maximum absolute atomic E-state index is 10.7. The summed E-state index contributed by atoms with van der Waals surface area (Å²) in [6.45, 7) is 3.76. The fourth-order valence-corrected chi connectivity index (χ4v) is 2.14. The van der Waals surface area contributed by atoms with Crippen molar-refractivity contribution in [3.63, 3.8) is 0 Å². The number of aliphatic hydroxyl groups is 1. The molecule has 0 aliphatic heterocycles. The van der Waals surface area contributed by atoms with Crippen LogP contribution in [0.4, 0.5) is 0 Å². The van der Waals surface area contributed by atoms with Crippen molar-refractivity contribution in [1.29, 1.82) is 0 Å². The van der Waals surface area contributed by atoms with Crippen molar-refractivity contribution in [2.75, 3.05) is 0 Å². The van der Waals surface area contributed by atoms with Gasteiger partial charge in [-0.05, 0) is 55.2 Å². The minimum atomic E-state index is -0.595. The van der Waals surface area contributed by atoms with Crippen LogP contribution in [0.5, 0.6) is 0 Å². The van der Waals surface area contributed by atoms with Gasteiger partial charge < -0.3 is 9.90 Å². The van der Waals surface area contributed by atoms with Gasteiger partial charge in [-0.3, -0.25) is 0 Å². The molecule has 1 atom stereocenters. The fraction of sp³-hybridized carbons (Fsp3) is 0.909. The Labute approximate surface area is 101 Å². The average molecular weight is 312 g/mol. The van der Waals surface area contributed by atoms with Gasteiger partial charge in [0.05, 0.1) is 0 Å². The van der Waals surface area contributed by atoms with Gasteiger partial charge in [-0.25, -0.2) is 0 Å². The lowest BCUT2D eigenvalue weighted by Crippen LogP contribution is -2.19. The summed E-state index contributed by atoms with van der Waals surface area (Å²) in [4.78, 5) is 10.7. The number of carbonyl (C=O) groups excluding carboxylic acids is 1. The zero-order valence-electron chi connectivity index (χ0n) is 9.18. The number of unbranched alkanes of at least 4 members (excludes halogenated alkanes) is 2. The standard InChI is InChI=1S/C11H21IO2/c1-3-4-5-8-11(12,14)9-6-7-10(2)13/h14H,3-9H2,1-2H3. The van der Waals surface area contributed by atoms with E-state index in [4.69, 9.17) is 0 Å². The lowest BCUT2D eigenvalue weighted by molar-refractivity contribution is -0.117. The first-order valence-electron chi connectivity index (χ1n) is 5.38. The van der Waals surface area contributed by atoms with E-state index in [-0.39, 0.29) is 5.78 Å². The molecule has 0 spiro atoms. The van der Waals surface area contributed by atoms with Crippen molar-refractivity contribution in [1.82, 2.24) is 0 Å². The van der Waals surface area contributed by atoms with Crippen LogP contribution in [0.15, 0.2) is 0 Å². The van der Waals surface area contributed by atoms with Crippen molar-refractivity contribution in [3.8, 4) is 0 Å². The van der Waals surface area contributed by atoms with Gasteiger partial charge in [-0.15, -0.1) is 0 Å². The molecule has 2 nitrogen and oxygen atoms in total. The highest BCUT2D eigenvalue weighted by Gasteiger charge is 2.21. The van der Waals surface area contributed by atoms with Crippen LogP contribution in [-0.4, -0.2) is 14.5 Å². The quantitative estimate of drug-likeness (QED) is 0.423. The van der Waals surface area contributed by atoms with E-state index in [1.54, 1.807) is 6.92 Å². The lowest BCUT2D eigenvalue weighted by Gasteiger charge is -2.20. The number of alkyl halides is 1. The Morgan fingerprint density at radius 1 is 1.29 bits per heavy atom. The van der Waals surface area contributed by atoms with Gasteiger partial charge in [0, 0.05) is 6.42 Å². The molecule has 0 aliphatic carbocycles. The molecule has 84 valence electrons. The molecular weight excluding hydrogens is 291 g/mol. The van der Waals surface area contributed by atoms with Crippen LogP contribution >= 0.6 is 22.6 Å². The van der Waals surface area contributed by atoms with E-state index in [0.717, 1.165) is 25.7 Å². The first-order chi connectivity index (χ1) is 6.48. The molecule has 1 N–H and O–H groups in total. The molecule has 0 bridgehead atoms.